The lowest BCUT2D eigenvalue weighted by Gasteiger charge is -2.33. The molecule has 0 spiro atoms. The fourth-order valence-corrected chi connectivity index (χ4v) is 3.88. The molecule has 138 valence electrons. The molecule has 1 aliphatic heterocycles. The van der Waals surface area contributed by atoms with Crippen LogP contribution < -0.4 is 9.47 Å². The number of hydrogen-bond acceptors (Lipinski definition) is 4. The van der Waals surface area contributed by atoms with Crippen LogP contribution in [0.4, 0.5) is 0 Å². The summed E-state index contributed by atoms with van der Waals surface area (Å²) in [6, 6.07) is 13.1. The summed E-state index contributed by atoms with van der Waals surface area (Å²) in [5.74, 6) is 0.618. The smallest absolute Gasteiger partial charge is 0.320 e. The van der Waals surface area contributed by atoms with Crippen molar-refractivity contribution in [1.82, 2.24) is 4.90 Å². The largest absolute Gasteiger partial charge is 0.496 e. The van der Waals surface area contributed by atoms with E-state index in [2.05, 4.69) is 11.0 Å². The Bertz CT molecular complexity index is 767. The predicted molar refractivity (Wildman–Crippen MR) is 99.9 cm³/mol. The number of benzene rings is 2. The summed E-state index contributed by atoms with van der Waals surface area (Å²) in [6.45, 7) is 2.76. The second-order valence-corrected chi connectivity index (χ2v) is 6.63. The van der Waals surface area contributed by atoms with Crippen molar-refractivity contribution in [1.29, 1.82) is 0 Å². The molecule has 1 saturated heterocycles. The first-order valence-electron chi connectivity index (χ1n) is 8.82. The van der Waals surface area contributed by atoms with Crippen LogP contribution in [0.1, 0.15) is 35.6 Å². The summed E-state index contributed by atoms with van der Waals surface area (Å²) >= 11 is 0. The SMILES string of the molecule is COc1cccc(OC)c1C(c1cccc(C)c1)N1CCCC1C(=O)O. The van der Waals surface area contributed by atoms with Gasteiger partial charge in [-0.05, 0) is 37.5 Å². The van der Waals surface area contributed by atoms with Crippen LogP contribution in [0.2, 0.25) is 0 Å². The van der Waals surface area contributed by atoms with E-state index in [0.717, 1.165) is 29.7 Å². The maximum absolute atomic E-state index is 11.9. The van der Waals surface area contributed by atoms with E-state index in [-0.39, 0.29) is 6.04 Å². The number of likely N-dealkylation sites (tertiary alicyclic amines) is 1. The van der Waals surface area contributed by atoms with Crippen LogP contribution in [0.3, 0.4) is 0 Å². The molecule has 0 aliphatic carbocycles. The molecule has 3 rings (SSSR count). The van der Waals surface area contributed by atoms with Crippen LogP contribution >= 0.6 is 0 Å². The van der Waals surface area contributed by atoms with E-state index < -0.39 is 12.0 Å². The predicted octanol–water partition coefficient (Wildman–Crippen LogP) is 3.65. The van der Waals surface area contributed by atoms with Crippen molar-refractivity contribution in [2.75, 3.05) is 20.8 Å². The minimum absolute atomic E-state index is 0.246. The third-order valence-corrected chi connectivity index (χ3v) is 5.01. The lowest BCUT2D eigenvalue weighted by atomic mass is 9.93. The van der Waals surface area contributed by atoms with Gasteiger partial charge in [0.2, 0.25) is 0 Å². The Labute approximate surface area is 154 Å². The summed E-state index contributed by atoms with van der Waals surface area (Å²) in [7, 11) is 3.26. The summed E-state index contributed by atoms with van der Waals surface area (Å²) in [5.41, 5.74) is 3.05. The van der Waals surface area contributed by atoms with Gasteiger partial charge in [0.15, 0.2) is 0 Å². The maximum atomic E-state index is 11.9. The van der Waals surface area contributed by atoms with E-state index in [4.69, 9.17) is 9.47 Å². The van der Waals surface area contributed by atoms with Gasteiger partial charge in [0.25, 0.3) is 0 Å². The number of nitrogens with zero attached hydrogens (tertiary/aromatic N) is 1. The molecule has 1 aliphatic rings. The van der Waals surface area contributed by atoms with E-state index >= 15 is 0 Å². The number of carboxylic acids is 1. The standard InChI is InChI=1S/C21H25NO4/c1-14-7-4-8-15(13-14)20(22-12-6-9-16(22)21(23)24)19-17(25-2)10-5-11-18(19)26-3/h4-5,7-8,10-11,13,16,20H,6,9,12H2,1-3H3,(H,23,24). The highest BCUT2D eigenvalue weighted by Gasteiger charge is 2.39. The van der Waals surface area contributed by atoms with Crippen LogP contribution in [-0.4, -0.2) is 42.8 Å². The van der Waals surface area contributed by atoms with Crippen LogP contribution in [0, 0.1) is 6.92 Å². The third kappa shape index (κ3) is 3.40. The van der Waals surface area contributed by atoms with E-state index in [1.54, 1.807) is 14.2 Å². The first kappa shape index (κ1) is 18.3. The zero-order chi connectivity index (χ0) is 18.7. The normalized spacial score (nSPS) is 18.5. The van der Waals surface area contributed by atoms with Gasteiger partial charge in [-0.15, -0.1) is 0 Å². The van der Waals surface area contributed by atoms with Crippen molar-refractivity contribution in [2.24, 2.45) is 0 Å². The van der Waals surface area contributed by atoms with E-state index in [1.165, 1.54) is 0 Å². The molecule has 1 fully saturated rings. The van der Waals surface area contributed by atoms with Gasteiger partial charge >= 0.3 is 5.97 Å². The minimum atomic E-state index is -0.783. The highest BCUT2D eigenvalue weighted by atomic mass is 16.5. The molecule has 5 heteroatoms. The molecule has 5 nitrogen and oxygen atoms in total. The Morgan fingerprint density at radius 2 is 1.81 bits per heavy atom. The average molecular weight is 355 g/mol. The van der Waals surface area contributed by atoms with Gasteiger partial charge in [0.05, 0.1) is 25.8 Å². The number of carbonyl (C=O) groups is 1. The molecule has 2 aromatic carbocycles. The topological polar surface area (TPSA) is 59.0 Å². The number of carboxylic acid groups (broad SMARTS) is 1. The molecule has 26 heavy (non-hydrogen) atoms. The fraction of sp³-hybridized carbons (Fsp3) is 0.381. The van der Waals surface area contributed by atoms with Crippen molar-refractivity contribution in [3.63, 3.8) is 0 Å². The summed E-state index contributed by atoms with van der Waals surface area (Å²) in [6.07, 6.45) is 1.51. The molecule has 0 bridgehead atoms. The molecule has 0 amide bonds. The number of ether oxygens (including phenoxy) is 2. The minimum Gasteiger partial charge on any atom is -0.496 e. The number of methoxy groups -OCH3 is 2. The first-order valence-corrected chi connectivity index (χ1v) is 8.82. The molecule has 0 aromatic heterocycles. The molecule has 2 aromatic rings. The highest BCUT2D eigenvalue weighted by molar-refractivity contribution is 5.74. The van der Waals surface area contributed by atoms with E-state index in [0.29, 0.717) is 17.9 Å². The van der Waals surface area contributed by atoms with Gasteiger partial charge in [-0.3, -0.25) is 9.69 Å². The Kier molecular flexibility index (Phi) is 5.47. The summed E-state index contributed by atoms with van der Waals surface area (Å²) < 4.78 is 11.2. The van der Waals surface area contributed by atoms with Crippen molar-refractivity contribution in [3.8, 4) is 11.5 Å². The summed E-state index contributed by atoms with van der Waals surface area (Å²) in [4.78, 5) is 13.9. The molecule has 0 saturated carbocycles. The van der Waals surface area contributed by atoms with Gasteiger partial charge in [-0.25, -0.2) is 0 Å². The monoisotopic (exact) mass is 355 g/mol. The molecular weight excluding hydrogens is 330 g/mol. The van der Waals surface area contributed by atoms with Crippen molar-refractivity contribution in [3.05, 3.63) is 59.2 Å². The molecule has 2 atom stereocenters. The average Bonchev–Trinajstić information content (AvgIpc) is 3.12. The highest BCUT2D eigenvalue weighted by Crippen LogP contribution is 2.43. The van der Waals surface area contributed by atoms with Gasteiger partial charge in [-0.2, -0.15) is 0 Å². The zero-order valence-electron chi connectivity index (χ0n) is 15.4. The molecule has 2 unspecified atom stereocenters. The second kappa shape index (κ2) is 7.79. The lowest BCUT2D eigenvalue weighted by molar-refractivity contribution is -0.142. The van der Waals surface area contributed by atoms with Gasteiger partial charge in [-0.1, -0.05) is 35.9 Å². The van der Waals surface area contributed by atoms with Gasteiger partial charge in [0, 0.05) is 6.54 Å². The lowest BCUT2D eigenvalue weighted by Crippen LogP contribution is -2.39. The fourth-order valence-electron chi connectivity index (χ4n) is 3.88. The zero-order valence-corrected chi connectivity index (χ0v) is 15.4. The second-order valence-electron chi connectivity index (χ2n) is 6.63. The Morgan fingerprint density at radius 3 is 2.38 bits per heavy atom. The summed E-state index contributed by atoms with van der Waals surface area (Å²) in [5, 5.41) is 9.73. The molecule has 0 radical (unpaired) electrons. The number of hydrogen-bond donors (Lipinski definition) is 1. The van der Waals surface area contributed by atoms with Crippen molar-refractivity contribution in [2.45, 2.75) is 31.8 Å². The van der Waals surface area contributed by atoms with Crippen LogP contribution in [0.25, 0.3) is 0 Å². The molecular formula is C21H25NO4. The molecule has 1 heterocycles. The third-order valence-electron chi connectivity index (χ3n) is 5.01. The number of aryl methyl sites for hydroxylation is 1. The van der Waals surface area contributed by atoms with Crippen molar-refractivity contribution >= 4 is 5.97 Å². The Hall–Kier alpha value is -2.53. The van der Waals surface area contributed by atoms with E-state index in [1.807, 2.05) is 43.3 Å². The van der Waals surface area contributed by atoms with Crippen molar-refractivity contribution < 1.29 is 19.4 Å². The number of aliphatic carboxylic acids is 1. The Balaban J connectivity index is 2.21. The van der Waals surface area contributed by atoms with Crippen LogP contribution in [-0.2, 0) is 4.79 Å². The first-order chi connectivity index (χ1) is 12.6. The maximum Gasteiger partial charge on any atom is 0.320 e. The van der Waals surface area contributed by atoms with Crippen LogP contribution in [0.5, 0.6) is 11.5 Å². The van der Waals surface area contributed by atoms with Gasteiger partial charge in [0.1, 0.15) is 17.5 Å². The molecule has 1 N–H and O–H groups in total. The van der Waals surface area contributed by atoms with Gasteiger partial charge < -0.3 is 14.6 Å². The van der Waals surface area contributed by atoms with E-state index in [9.17, 15) is 9.90 Å². The van der Waals surface area contributed by atoms with Crippen LogP contribution in [0.15, 0.2) is 42.5 Å². The number of rotatable bonds is 6. The Morgan fingerprint density at radius 1 is 1.15 bits per heavy atom. The quantitative estimate of drug-likeness (QED) is 0.857.